The Bertz CT molecular complexity index is 1850. The van der Waals surface area contributed by atoms with E-state index >= 15 is 4.39 Å². The van der Waals surface area contributed by atoms with Crippen molar-refractivity contribution >= 4 is 22.8 Å². The quantitative estimate of drug-likeness (QED) is 0.259. The zero-order valence-corrected chi connectivity index (χ0v) is 25.8. The predicted molar refractivity (Wildman–Crippen MR) is 169 cm³/mol. The highest BCUT2D eigenvalue weighted by Crippen LogP contribution is 2.46. The summed E-state index contributed by atoms with van der Waals surface area (Å²) in [7, 11) is 1.55. The molecule has 4 heterocycles. The molecule has 1 aliphatic carbocycles. The van der Waals surface area contributed by atoms with Gasteiger partial charge in [0.1, 0.15) is 17.4 Å². The van der Waals surface area contributed by atoms with Crippen LogP contribution in [0.4, 0.5) is 10.2 Å². The molecule has 44 heavy (non-hydrogen) atoms. The van der Waals surface area contributed by atoms with Crippen LogP contribution in [0.25, 0.3) is 28.0 Å². The fourth-order valence-electron chi connectivity index (χ4n) is 6.19. The van der Waals surface area contributed by atoms with E-state index in [0.29, 0.717) is 59.2 Å². The highest BCUT2D eigenvalue weighted by atomic mass is 19.1. The number of nitrogens with zero attached hydrogens (tertiary/aromatic N) is 6. The minimum Gasteiger partial charge on any atom is -0.497 e. The molecule has 6 rings (SSSR count). The van der Waals surface area contributed by atoms with Crippen LogP contribution >= 0.6 is 0 Å². The number of hydrogen-bond donors (Lipinski definition) is 0. The van der Waals surface area contributed by atoms with Crippen molar-refractivity contribution in [3.8, 4) is 22.7 Å². The summed E-state index contributed by atoms with van der Waals surface area (Å²) in [6, 6.07) is 8.42. The summed E-state index contributed by atoms with van der Waals surface area (Å²) in [5.74, 6) is 0.720. The van der Waals surface area contributed by atoms with Gasteiger partial charge in [-0.05, 0) is 86.1 Å². The summed E-state index contributed by atoms with van der Waals surface area (Å²) in [5, 5.41) is 0.701. The largest absolute Gasteiger partial charge is 0.497 e. The minimum atomic E-state index is -0.494. The van der Waals surface area contributed by atoms with Crippen molar-refractivity contribution < 1.29 is 13.9 Å². The molecular formula is C34H37FN6O3. The first-order valence-corrected chi connectivity index (χ1v) is 15.1. The van der Waals surface area contributed by atoms with Gasteiger partial charge in [-0.2, -0.15) is 4.98 Å². The number of methoxy groups -OCH3 is 1. The Kier molecular flexibility index (Phi) is 7.69. The topological polar surface area (TPSA) is 93.5 Å². The first-order valence-electron chi connectivity index (χ1n) is 15.1. The summed E-state index contributed by atoms with van der Waals surface area (Å²) < 4.78 is 22.5. The second-order valence-corrected chi connectivity index (χ2v) is 12.0. The smallest absolute Gasteiger partial charge is 0.355 e. The number of pyridine rings is 2. The normalized spacial score (nSPS) is 16.9. The number of carbonyl (C=O) groups is 1. The number of benzene rings is 1. The van der Waals surface area contributed by atoms with Crippen LogP contribution in [0.3, 0.4) is 0 Å². The van der Waals surface area contributed by atoms with Crippen molar-refractivity contribution in [2.24, 2.45) is 0 Å². The second-order valence-electron chi connectivity index (χ2n) is 12.0. The van der Waals surface area contributed by atoms with Gasteiger partial charge in [-0.15, -0.1) is 0 Å². The van der Waals surface area contributed by atoms with Gasteiger partial charge < -0.3 is 14.5 Å². The molecule has 1 aromatic carbocycles. The van der Waals surface area contributed by atoms with Crippen LogP contribution in [-0.2, 0) is 4.79 Å². The van der Waals surface area contributed by atoms with E-state index in [-0.39, 0.29) is 23.8 Å². The Labute approximate surface area is 256 Å². The molecule has 4 aromatic rings. The van der Waals surface area contributed by atoms with Crippen molar-refractivity contribution in [3.05, 3.63) is 82.3 Å². The van der Waals surface area contributed by atoms with E-state index < -0.39 is 11.5 Å². The molecule has 1 amide bonds. The maximum absolute atomic E-state index is 15.5. The van der Waals surface area contributed by atoms with Crippen LogP contribution in [0.2, 0.25) is 0 Å². The minimum absolute atomic E-state index is 0.0167. The highest BCUT2D eigenvalue weighted by Gasteiger charge is 2.33. The van der Waals surface area contributed by atoms with E-state index in [1.165, 1.54) is 16.7 Å². The van der Waals surface area contributed by atoms with Crippen LogP contribution in [-0.4, -0.2) is 63.1 Å². The fourth-order valence-corrected chi connectivity index (χ4v) is 6.19. The Morgan fingerprint density at radius 3 is 2.59 bits per heavy atom. The highest BCUT2D eigenvalue weighted by molar-refractivity contribution is 5.92. The third kappa shape index (κ3) is 5.12. The van der Waals surface area contributed by atoms with Crippen LogP contribution in [0.15, 0.2) is 54.0 Å². The molecule has 1 saturated carbocycles. The van der Waals surface area contributed by atoms with E-state index in [4.69, 9.17) is 14.7 Å². The number of ether oxygens (including phenoxy) is 1. The molecule has 228 valence electrons. The van der Waals surface area contributed by atoms with Crippen molar-refractivity contribution in [2.45, 2.75) is 58.4 Å². The van der Waals surface area contributed by atoms with E-state index in [2.05, 4.69) is 16.5 Å². The van der Waals surface area contributed by atoms with Crippen LogP contribution in [0.5, 0.6) is 5.75 Å². The molecular weight excluding hydrogens is 559 g/mol. The van der Waals surface area contributed by atoms with Crippen LogP contribution < -0.4 is 15.3 Å². The molecule has 1 saturated heterocycles. The molecule has 1 aliphatic heterocycles. The average molecular weight is 597 g/mol. The summed E-state index contributed by atoms with van der Waals surface area (Å²) in [6.45, 7) is 13.1. The Balaban J connectivity index is 1.67. The Morgan fingerprint density at radius 2 is 1.93 bits per heavy atom. The van der Waals surface area contributed by atoms with Gasteiger partial charge in [-0.3, -0.25) is 9.78 Å². The molecule has 1 atom stereocenters. The van der Waals surface area contributed by atoms with Gasteiger partial charge in [0, 0.05) is 37.4 Å². The first kappa shape index (κ1) is 29.5. The molecule has 3 aromatic heterocycles. The standard InChI is InChI=1S/C34H37FN6O3/c1-7-28(42)39-14-15-40(21(5)18-39)32-26-17-24(22-8-9-22)30(25-16-23(44-6)10-11-27(25)35)37-33(26)41(34(43)38-32)31-20(4)12-13-36-29(31)19(2)3/h7,10-13,16-17,19,21-22H,1,8-9,14-15,18H2,2-6H3/t21-/m0/s1. The summed E-state index contributed by atoms with van der Waals surface area (Å²) in [4.78, 5) is 44.9. The van der Waals surface area contributed by atoms with Crippen molar-refractivity contribution in [1.29, 1.82) is 0 Å². The number of rotatable bonds is 7. The second kappa shape index (κ2) is 11.5. The summed E-state index contributed by atoms with van der Waals surface area (Å²) in [6.07, 6.45) is 4.99. The fraction of sp³-hybridized carbons (Fsp3) is 0.382. The molecule has 2 aliphatic rings. The number of anilines is 1. The number of aryl methyl sites for hydroxylation is 1. The molecule has 0 bridgehead atoms. The number of carbonyl (C=O) groups excluding carboxylic acids is 1. The van der Waals surface area contributed by atoms with Gasteiger partial charge >= 0.3 is 5.69 Å². The van der Waals surface area contributed by atoms with Gasteiger partial charge in [0.05, 0.1) is 29.6 Å². The molecule has 10 heteroatoms. The Morgan fingerprint density at radius 1 is 1.16 bits per heavy atom. The molecule has 0 radical (unpaired) electrons. The summed E-state index contributed by atoms with van der Waals surface area (Å²) in [5.41, 5.74) is 3.85. The lowest BCUT2D eigenvalue weighted by atomic mass is 9.99. The average Bonchev–Trinajstić information content (AvgIpc) is 3.86. The van der Waals surface area contributed by atoms with E-state index in [1.54, 1.807) is 30.3 Å². The van der Waals surface area contributed by atoms with Gasteiger partial charge in [0.25, 0.3) is 0 Å². The Hall–Kier alpha value is -4.60. The molecule has 2 fully saturated rings. The lowest BCUT2D eigenvalue weighted by Crippen LogP contribution is -2.54. The van der Waals surface area contributed by atoms with Crippen LogP contribution in [0.1, 0.15) is 62.3 Å². The zero-order chi connectivity index (χ0) is 31.3. The molecule has 0 spiro atoms. The molecule has 0 unspecified atom stereocenters. The monoisotopic (exact) mass is 596 g/mol. The zero-order valence-electron chi connectivity index (χ0n) is 25.8. The summed E-state index contributed by atoms with van der Waals surface area (Å²) >= 11 is 0. The van der Waals surface area contributed by atoms with Crippen molar-refractivity contribution in [3.63, 3.8) is 0 Å². The number of halogens is 1. The third-order valence-corrected chi connectivity index (χ3v) is 8.63. The lowest BCUT2D eigenvalue weighted by Gasteiger charge is -2.40. The molecule has 0 N–H and O–H groups in total. The van der Waals surface area contributed by atoms with Gasteiger partial charge in [0.2, 0.25) is 5.91 Å². The van der Waals surface area contributed by atoms with Gasteiger partial charge in [-0.25, -0.2) is 18.7 Å². The molecule has 9 nitrogen and oxygen atoms in total. The van der Waals surface area contributed by atoms with E-state index in [9.17, 15) is 9.59 Å². The maximum Gasteiger partial charge on any atom is 0.355 e. The van der Waals surface area contributed by atoms with Crippen LogP contribution in [0, 0.1) is 12.7 Å². The van der Waals surface area contributed by atoms with Crippen molar-refractivity contribution in [2.75, 3.05) is 31.6 Å². The SMILES string of the molecule is C=CC(=O)N1CCN(c2nc(=O)n(-c3c(C)ccnc3C(C)C)c3nc(-c4cc(OC)ccc4F)c(C4CC4)cc23)[C@@H](C)C1. The number of hydrogen-bond acceptors (Lipinski definition) is 7. The third-order valence-electron chi connectivity index (χ3n) is 8.63. The van der Waals surface area contributed by atoms with Gasteiger partial charge in [-0.1, -0.05) is 20.4 Å². The lowest BCUT2D eigenvalue weighted by molar-refractivity contribution is -0.126. The number of fused-ring (bicyclic) bond motifs is 1. The van der Waals surface area contributed by atoms with Gasteiger partial charge in [0.15, 0.2) is 5.65 Å². The number of piperazine rings is 1. The number of amides is 1. The maximum atomic E-state index is 15.5. The van der Waals surface area contributed by atoms with Crippen molar-refractivity contribution in [1.82, 2.24) is 24.4 Å². The van der Waals surface area contributed by atoms with E-state index in [1.807, 2.05) is 39.8 Å². The first-order chi connectivity index (χ1) is 21.1. The number of aromatic nitrogens is 4. The predicted octanol–water partition coefficient (Wildman–Crippen LogP) is 5.52. The van der Waals surface area contributed by atoms with E-state index in [0.717, 1.165) is 29.7 Å².